The minimum absolute atomic E-state index is 0.0699. The standard InChI is InChI=1S/C21H27FN6O2/c1-21(2,3)27-11-9-26(10-12-27)19-23-17-16(18(29)24-20(30)25(17)4)28(19)13-14-7-5-6-8-15(14)22/h5-8H,9-13H2,1-4H3,(H,24,29,30). The van der Waals surface area contributed by atoms with E-state index < -0.39 is 11.2 Å². The van der Waals surface area contributed by atoms with Gasteiger partial charge in [-0.15, -0.1) is 0 Å². The zero-order valence-electron chi connectivity index (χ0n) is 17.8. The van der Waals surface area contributed by atoms with Gasteiger partial charge in [-0.2, -0.15) is 4.98 Å². The highest BCUT2D eigenvalue weighted by Gasteiger charge is 2.29. The fraction of sp³-hybridized carbons (Fsp3) is 0.476. The molecule has 1 N–H and O–H groups in total. The molecule has 160 valence electrons. The lowest BCUT2D eigenvalue weighted by molar-refractivity contribution is 0.128. The van der Waals surface area contributed by atoms with Gasteiger partial charge in [-0.1, -0.05) is 18.2 Å². The van der Waals surface area contributed by atoms with Crippen molar-refractivity contribution in [3.8, 4) is 0 Å². The van der Waals surface area contributed by atoms with Gasteiger partial charge in [-0.3, -0.25) is 23.8 Å². The summed E-state index contributed by atoms with van der Waals surface area (Å²) in [5, 5.41) is 0. The van der Waals surface area contributed by atoms with Gasteiger partial charge in [0.05, 0.1) is 6.54 Å². The number of aryl methyl sites for hydroxylation is 1. The first-order valence-corrected chi connectivity index (χ1v) is 10.1. The van der Waals surface area contributed by atoms with Crippen LogP contribution in [0, 0.1) is 5.82 Å². The van der Waals surface area contributed by atoms with E-state index in [9.17, 15) is 14.0 Å². The Labute approximate surface area is 173 Å². The van der Waals surface area contributed by atoms with Crippen LogP contribution in [0.25, 0.3) is 11.2 Å². The van der Waals surface area contributed by atoms with Crippen LogP contribution in [0.2, 0.25) is 0 Å². The second-order valence-electron chi connectivity index (χ2n) is 8.72. The summed E-state index contributed by atoms with van der Waals surface area (Å²) in [6.45, 7) is 9.86. The first-order valence-electron chi connectivity index (χ1n) is 10.1. The lowest BCUT2D eigenvalue weighted by Crippen LogP contribution is -2.54. The van der Waals surface area contributed by atoms with Gasteiger partial charge in [-0.25, -0.2) is 9.18 Å². The third-order valence-corrected chi connectivity index (χ3v) is 5.78. The molecule has 0 unspecified atom stereocenters. The largest absolute Gasteiger partial charge is 0.340 e. The molecule has 0 saturated carbocycles. The predicted molar refractivity (Wildman–Crippen MR) is 115 cm³/mol. The monoisotopic (exact) mass is 414 g/mol. The molecular formula is C21H27FN6O2. The van der Waals surface area contributed by atoms with Gasteiger partial charge in [0.15, 0.2) is 11.2 Å². The van der Waals surface area contributed by atoms with Crippen molar-refractivity contribution >= 4 is 17.1 Å². The number of aromatic amines is 1. The lowest BCUT2D eigenvalue weighted by atomic mass is 10.1. The second kappa shape index (κ2) is 7.39. The van der Waals surface area contributed by atoms with Crippen LogP contribution in [0.15, 0.2) is 33.9 Å². The van der Waals surface area contributed by atoms with E-state index >= 15 is 0 Å². The average Bonchev–Trinajstić information content (AvgIpc) is 3.07. The molecule has 4 rings (SSSR count). The summed E-state index contributed by atoms with van der Waals surface area (Å²) < 4.78 is 17.4. The molecule has 0 spiro atoms. The van der Waals surface area contributed by atoms with Gasteiger partial charge in [0.25, 0.3) is 5.56 Å². The molecule has 1 aromatic carbocycles. The smallest absolute Gasteiger partial charge is 0.329 e. The number of nitrogens with one attached hydrogen (secondary N) is 1. The zero-order valence-corrected chi connectivity index (χ0v) is 17.8. The van der Waals surface area contributed by atoms with Crippen molar-refractivity contribution in [3.63, 3.8) is 0 Å². The van der Waals surface area contributed by atoms with Crippen LogP contribution in [0.1, 0.15) is 26.3 Å². The zero-order chi connectivity index (χ0) is 21.6. The topological polar surface area (TPSA) is 79.2 Å². The molecule has 3 aromatic rings. The number of nitrogens with zero attached hydrogens (tertiary/aromatic N) is 5. The summed E-state index contributed by atoms with van der Waals surface area (Å²) in [7, 11) is 1.57. The Morgan fingerprint density at radius 2 is 1.77 bits per heavy atom. The van der Waals surface area contributed by atoms with Crippen molar-refractivity contribution in [1.29, 1.82) is 0 Å². The molecule has 30 heavy (non-hydrogen) atoms. The average molecular weight is 414 g/mol. The third-order valence-electron chi connectivity index (χ3n) is 5.78. The minimum Gasteiger partial charge on any atom is -0.340 e. The summed E-state index contributed by atoms with van der Waals surface area (Å²) in [5.74, 6) is 0.234. The van der Waals surface area contributed by atoms with E-state index in [1.807, 2.05) is 0 Å². The van der Waals surface area contributed by atoms with E-state index in [2.05, 4.69) is 40.5 Å². The number of fused-ring (bicyclic) bond motifs is 1. The highest BCUT2D eigenvalue weighted by atomic mass is 19.1. The molecule has 3 heterocycles. The molecule has 0 aliphatic carbocycles. The Balaban J connectivity index is 1.82. The Morgan fingerprint density at radius 3 is 2.40 bits per heavy atom. The minimum atomic E-state index is -0.521. The van der Waals surface area contributed by atoms with Crippen molar-refractivity contribution in [2.24, 2.45) is 7.05 Å². The third kappa shape index (κ3) is 3.54. The van der Waals surface area contributed by atoms with E-state index in [0.29, 0.717) is 17.2 Å². The van der Waals surface area contributed by atoms with Crippen LogP contribution in [0.3, 0.4) is 0 Å². The first kappa shape index (κ1) is 20.3. The molecule has 2 aromatic heterocycles. The molecule has 1 saturated heterocycles. The van der Waals surface area contributed by atoms with Crippen LogP contribution < -0.4 is 16.1 Å². The maximum Gasteiger partial charge on any atom is 0.329 e. The van der Waals surface area contributed by atoms with E-state index in [-0.39, 0.29) is 23.4 Å². The number of piperazine rings is 1. The molecule has 9 heteroatoms. The number of halogens is 1. The van der Waals surface area contributed by atoms with Crippen molar-refractivity contribution < 1.29 is 4.39 Å². The van der Waals surface area contributed by atoms with Crippen LogP contribution >= 0.6 is 0 Å². The lowest BCUT2D eigenvalue weighted by Gasteiger charge is -2.42. The predicted octanol–water partition coefficient (Wildman–Crippen LogP) is 1.53. The Hall–Kier alpha value is -2.94. The summed E-state index contributed by atoms with van der Waals surface area (Å²) in [6.07, 6.45) is 0. The molecular weight excluding hydrogens is 387 g/mol. The van der Waals surface area contributed by atoms with Gasteiger partial charge in [0, 0.05) is 44.3 Å². The summed E-state index contributed by atoms with van der Waals surface area (Å²) in [4.78, 5) is 36.3. The maximum atomic E-state index is 14.4. The van der Waals surface area contributed by atoms with E-state index in [1.54, 1.807) is 29.8 Å². The number of benzene rings is 1. The fourth-order valence-corrected chi connectivity index (χ4v) is 3.99. The number of hydrogen-bond donors (Lipinski definition) is 1. The maximum absolute atomic E-state index is 14.4. The highest BCUT2D eigenvalue weighted by Crippen LogP contribution is 2.24. The van der Waals surface area contributed by atoms with Gasteiger partial charge >= 0.3 is 5.69 Å². The Bertz CT molecular complexity index is 1190. The van der Waals surface area contributed by atoms with E-state index in [4.69, 9.17) is 0 Å². The number of anilines is 1. The van der Waals surface area contributed by atoms with Gasteiger partial charge in [0.1, 0.15) is 5.82 Å². The van der Waals surface area contributed by atoms with E-state index in [1.165, 1.54) is 10.6 Å². The van der Waals surface area contributed by atoms with Gasteiger partial charge in [0.2, 0.25) is 5.95 Å². The highest BCUT2D eigenvalue weighted by molar-refractivity contribution is 5.74. The van der Waals surface area contributed by atoms with Crippen molar-refractivity contribution in [1.82, 2.24) is 24.0 Å². The molecule has 1 aliphatic rings. The fourth-order valence-electron chi connectivity index (χ4n) is 3.99. The second-order valence-corrected chi connectivity index (χ2v) is 8.72. The molecule has 0 amide bonds. The Morgan fingerprint density at radius 1 is 1.10 bits per heavy atom. The quantitative estimate of drug-likeness (QED) is 0.703. The summed E-state index contributed by atoms with van der Waals surface area (Å²) in [6, 6.07) is 6.49. The molecule has 0 bridgehead atoms. The number of rotatable bonds is 3. The first-order chi connectivity index (χ1) is 14.2. The van der Waals surface area contributed by atoms with Crippen molar-refractivity contribution in [3.05, 3.63) is 56.5 Å². The van der Waals surface area contributed by atoms with Gasteiger partial charge < -0.3 is 4.90 Å². The molecule has 1 fully saturated rings. The van der Waals surface area contributed by atoms with Crippen LogP contribution in [-0.2, 0) is 13.6 Å². The molecule has 8 nitrogen and oxygen atoms in total. The van der Waals surface area contributed by atoms with Crippen molar-refractivity contribution in [2.45, 2.75) is 32.9 Å². The molecule has 1 aliphatic heterocycles. The normalized spacial score (nSPS) is 15.8. The number of aromatic nitrogens is 4. The number of imidazole rings is 1. The van der Waals surface area contributed by atoms with Crippen molar-refractivity contribution in [2.75, 3.05) is 31.1 Å². The number of hydrogen-bond acceptors (Lipinski definition) is 5. The molecule has 0 atom stereocenters. The van der Waals surface area contributed by atoms with Crippen LogP contribution in [-0.4, -0.2) is 55.7 Å². The summed E-state index contributed by atoms with van der Waals surface area (Å²) >= 11 is 0. The number of H-pyrrole nitrogens is 1. The SMILES string of the molecule is Cn1c(=O)[nH]c(=O)c2c1nc(N1CCN(C(C)(C)C)CC1)n2Cc1ccccc1F. The summed E-state index contributed by atoms with van der Waals surface area (Å²) in [5.41, 5.74) is 0.0608. The Kier molecular flexibility index (Phi) is 5.01. The van der Waals surface area contributed by atoms with Crippen LogP contribution in [0.5, 0.6) is 0 Å². The molecule has 0 radical (unpaired) electrons. The van der Waals surface area contributed by atoms with E-state index in [0.717, 1.165) is 26.2 Å². The van der Waals surface area contributed by atoms with Gasteiger partial charge in [-0.05, 0) is 26.8 Å². The van der Waals surface area contributed by atoms with Crippen LogP contribution in [0.4, 0.5) is 10.3 Å².